The quantitative estimate of drug-likeness (QED) is 0.348. The molecule has 1 aliphatic rings. The summed E-state index contributed by atoms with van der Waals surface area (Å²) in [4.78, 5) is 51.3. The molecule has 3 N–H and O–H groups in total. The molecule has 1 saturated heterocycles. The molecule has 172 valence electrons. The number of thiol groups is 1. The van der Waals surface area contributed by atoms with Crippen LogP contribution in [0, 0.1) is 11.8 Å². The Morgan fingerprint density at radius 1 is 1.27 bits per heavy atom. The van der Waals surface area contributed by atoms with Gasteiger partial charge in [0, 0.05) is 12.0 Å². The van der Waals surface area contributed by atoms with Crippen LogP contribution in [0.25, 0.3) is 0 Å². The van der Waals surface area contributed by atoms with Gasteiger partial charge in [-0.1, -0.05) is 27.7 Å². The van der Waals surface area contributed by atoms with Crippen molar-refractivity contribution in [3.05, 3.63) is 0 Å². The number of carbonyl (C=O) groups is 4. The van der Waals surface area contributed by atoms with Crippen LogP contribution in [0.1, 0.15) is 47.5 Å². The first-order valence-electron chi connectivity index (χ1n) is 10.3. The Bertz CT molecular complexity index is 628. The molecule has 1 rings (SSSR count). The highest BCUT2D eigenvalue weighted by Gasteiger charge is 2.44. The van der Waals surface area contributed by atoms with Crippen LogP contribution in [0.2, 0.25) is 0 Å². The Hall–Kier alpha value is -1.81. The highest BCUT2D eigenvalue weighted by molar-refractivity contribution is 7.80. The van der Waals surface area contributed by atoms with Gasteiger partial charge in [-0.15, -0.1) is 0 Å². The number of carbonyl (C=O) groups excluding carboxylic acids is 4. The van der Waals surface area contributed by atoms with Gasteiger partial charge < -0.3 is 25.4 Å². The number of ether oxygens (including phenoxy) is 1. The molecule has 1 heterocycles. The van der Waals surface area contributed by atoms with E-state index in [1.54, 1.807) is 20.8 Å². The first-order chi connectivity index (χ1) is 14.0. The Morgan fingerprint density at radius 3 is 2.40 bits per heavy atom. The normalized spacial score (nSPS) is 21.0. The van der Waals surface area contributed by atoms with E-state index in [0.29, 0.717) is 12.2 Å². The highest BCUT2D eigenvalue weighted by Crippen LogP contribution is 2.24. The highest BCUT2D eigenvalue weighted by atomic mass is 32.1. The number of hydrogen-bond acceptors (Lipinski definition) is 7. The van der Waals surface area contributed by atoms with Crippen molar-refractivity contribution in [2.45, 2.75) is 71.6 Å². The molecule has 0 aromatic heterocycles. The van der Waals surface area contributed by atoms with E-state index in [1.807, 2.05) is 13.8 Å². The van der Waals surface area contributed by atoms with Crippen LogP contribution in [-0.4, -0.2) is 76.8 Å². The van der Waals surface area contributed by atoms with Gasteiger partial charge in [-0.25, -0.2) is 4.79 Å². The Labute approximate surface area is 183 Å². The third-order valence-electron chi connectivity index (χ3n) is 4.90. The van der Waals surface area contributed by atoms with E-state index in [4.69, 9.17) is 4.74 Å². The first kappa shape index (κ1) is 26.2. The maximum Gasteiger partial charge on any atom is 0.407 e. The predicted molar refractivity (Wildman–Crippen MR) is 115 cm³/mol. The lowest BCUT2D eigenvalue weighted by molar-refractivity contribution is -0.142. The average molecular weight is 446 g/mol. The molecule has 0 spiro atoms. The number of aliphatic hydroxyl groups excluding tert-OH is 1. The summed E-state index contributed by atoms with van der Waals surface area (Å²) in [5.41, 5.74) is 0. The molecule has 9 nitrogen and oxygen atoms in total. The molecule has 0 aromatic carbocycles. The van der Waals surface area contributed by atoms with Gasteiger partial charge in [-0.05, 0) is 31.4 Å². The number of aliphatic hydroxyl groups is 1. The maximum atomic E-state index is 12.9. The average Bonchev–Trinajstić information content (AvgIpc) is 2.94. The number of nitrogens with zero attached hydrogens (tertiary/aromatic N) is 1. The monoisotopic (exact) mass is 445 g/mol. The molecule has 30 heavy (non-hydrogen) atoms. The van der Waals surface area contributed by atoms with E-state index in [9.17, 15) is 24.3 Å². The zero-order chi connectivity index (χ0) is 23.0. The number of nitrogens with one attached hydrogen (secondary N) is 2. The minimum absolute atomic E-state index is 0.157. The van der Waals surface area contributed by atoms with Crippen LogP contribution in [0.15, 0.2) is 0 Å². The fourth-order valence-corrected chi connectivity index (χ4v) is 3.59. The number of Topliss-reactive ketones (excluding diaryl/α,β-unsaturated/α-hetero) is 1. The molecular formula is C20H35N3O6S. The van der Waals surface area contributed by atoms with Crippen LogP contribution >= 0.6 is 12.6 Å². The van der Waals surface area contributed by atoms with Crippen molar-refractivity contribution in [2.75, 3.05) is 19.0 Å². The molecule has 0 bridgehead atoms. The van der Waals surface area contributed by atoms with Crippen molar-refractivity contribution in [3.8, 4) is 0 Å². The predicted octanol–water partition coefficient (Wildman–Crippen LogP) is 0.749. The number of rotatable bonds is 11. The van der Waals surface area contributed by atoms with E-state index >= 15 is 0 Å². The van der Waals surface area contributed by atoms with Crippen LogP contribution in [0.3, 0.4) is 0 Å². The van der Waals surface area contributed by atoms with Gasteiger partial charge in [-0.2, -0.15) is 12.6 Å². The molecule has 1 aliphatic heterocycles. The largest absolute Gasteiger partial charge is 0.449 e. The summed E-state index contributed by atoms with van der Waals surface area (Å²) in [6.45, 7) is 8.73. The summed E-state index contributed by atoms with van der Waals surface area (Å²) in [6, 6.07) is -3.00. The summed E-state index contributed by atoms with van der Waals surface area (Å²) >= 11 is 4.13. The van der Waals surface area contributed by atoms with E-state index < -0.39 is 42.6 Å². The Balaban J connectivity index is 2.82. The lowest BCUT2D eigenvalue weighted by Crippen LogP contribution is -2.54. The second-order valence-electron chi connectivity index (χ2n) is 8.35. The summed E-state index contributed by atoms with van der Waals surface area (Å²) in [6.07, 6.45) is -0.143. The van der Waals surface area contributed by atoms with Gasteiger partial charge in [0.25, 0.3) is 0 Å². The molecular weight excluding hydrogens is 410 g/mol. The van der Waals surface area contributed by atoms with Crippen LogP contribution in [0.5, 0.6) is 0 Å². The summed E-state index contributed by atoms with van der Waals surface area (Å²) < 4.78 is 5.05. The number of ketones is 1. The SMILES string of the molecule is CC(C)COC(=O)NC(CCS)C(=O)NC1CC(C)N(C(CO)C(=O)C(C)C)C1=O. The molecule has 10 heteroatoms. The molecule has 4 atom stereocenters. The fourth-order valence-electron chi connectivity index (χ4n) is 3.33. The van der Waals surface area contributed by atoms with Gasteiger partial charge in [-0.3, -0.25) is 14.4 Å². The molecule has 4 unspecified atom stereocenters. The van der Waals surface area contributed by atoms with Crippen molar-refractivity contribution in [2.24, 2.45) is 11.8 Å². The van der Waals surface area contributed by atoms with Gasteiger partial charge >= 0.3 is 6.09 Å². The van der Waals surface area contributed by atoms with E-state index in [1.165, 1.54) is 4.90 Å². The standard InChI is InChI=1S/C20H35N3O6S/c1-11(2)10-29-20(28)22-14(6-7-30)18(26)21-15-8-13(5)23(19(15)27)16(9-24)17(25)12(3)4/h11-16,24,30H,6-10H2,1-5H3,(H,21,26)(H,22,28). The summed E-state index contributed by atoms with van der Waals surface area (Å²) in [7, 11) is 0. The zero-order valence-electron chi connectivity index (χ0n) is 18.4. The Morgan fingerprint density at radius 2 is 1.90 bits per heavy atom. The fraction of sp³-hybridized carbons (Fsp3) is 0.800. The minimum atomic E-state index is -0.938. The summed E-state index contributed by atoms with van der Waals surface area (Å²) in [5, 5.41) is 14.9. The number of likely N-dealkylation sites (tertiary alicyclic amines) is 1. The lowest BCUT2D eigenvalue weighted by Gasteiger charge is -2.30. The van der Waals surface area contributed by atoms with E-state index in [0.717, 1.165) is 0 Å². The third-order valence-corrected chi connectivity index (χ3v) is 5.16. The maximum absolute atomic E-state index is 12.9. The van der Waals surface area contributed by atoms with Crippen LogP contribution in [-0.2, 0) is 19.1 Å². The van der Waals surface area contributed by atoms with Crippen molar-refractivity contribution < 1.29 is 29.0 Å². The zero-order valence-corrected chi connectivity index (χ0v) is 19.3. The third kappa shape index (κ3) is 7.16. The van der Waals surface area contributed by atoms with Crippen molar-refractivity contribution in [3.63, 3.8) is 0 Å². The lowest BCUT2D eigenvalue weighted by atomic mass is 10.0. The Kier molecular flexibility index (Phi) is 10.6. The molecule has 0 radical (unpaired) electrons. The smallest absolute Gasteiger partial charge is 0.407 e. The second-order valence-corrected chi connectivity index (χ2v) is 8.80. The first-order valence-corrected chi connectivity index (χ1v) is 11.0. The molecule has 3 amide bonds. The van der Waals surface area contributed by atoms with Gasteiger partial charge in [0.15, 0.2) is 5.78 Å². The topological polar surface area (TPSA) is 125 Å². The van der Waals surface area contributed by atoms with E-state index in [2.05, 4.69) is 23.3 Å². The minimum Gasteiger partial charge on any atom is -0.449 e. The van der Waals surface area contributed by atoms with Gasteiger partial charge in [0.05, 0.1) is 13.2 Å². The molecule has 0 saturated carbocycles. The molecule has 0 aliphatic carbocycles. The van der Waals surface area contributed by atoms with Gasteiger partial charge in [0.2, 0.25) is 11.8 Å². The second kappa shape index (κ2) is 12.1. The van der Waals surface area contributed by atoms with E-state index in [-0.39, 0.29) is 36.7 Å². The number of amides is 3. The molecule has 1 fully saturated rings. The molecule has 0 aromatic rings. The van der Waals surface area contributed by atoms with Crippen molar-refractivity contribution in [1.29, 1.82) is 0 Å². The van der Waals surface area contributed by atoms with Gasteiger partial charge in [0.1, 0.15) is 18.1 Å². The summed E-state index contributed by atoms with van der Waals surface area (Å²) in [5.74, 6) is -1.00. The number of hydrogen-bond donors (Lipinski definition) is 4. The number of alkyl carbamates (subject to hydrolysis) is 1. The van der Waals surface area contributed by atoms with Crippen molar-refractivity contribution in [1.82, 2.24) is 15.5 Å². The van der Waals surface area contributed by atoms with Crippen LogP contribution < -0.4 is 10.6 Å². The van der Waals surface area contributed by atoms with Crippen LogP contribution in [0.4, 0.5) is 4.79 Å². The van der Waals surface area contributed by atoms with Crippen molar-refractivity contribution >= 4 is 36.3 Å².